The molecular weight excluding hydrogens is 526 g/mol. The number of amides is 2. The van der Waals surface area contributed by atoms with Gasteiger partial charge in [-0.3, -0.25) is 9.59 Å². The van der Waals surface area contributed by atoms with E-state index in [2.05, 4.69) is 41.6 Å². The van der Waals surface area contributed by atoms with Gasteiger partial charge in [0.25, 0.3) is 5.91 Å². The first kappa shape index (κ1) is 31.0. The molecule has 5 N–H and O–H groups in total. The topological polar surface area (TPSA) is 158 Å². The molecule has 0 spiro atoms. The minimum atomic E-state index is -1.45. The number of aliphatic carboxylic acids is 1. The van der Waals surface area contributed by atoms with Crippen molar-refractivity contribution in [2.75, 3.05) is 13.2 Å². The molecule has 3 fully saturated rings. The summed E-state index contributed by atoms with van der Waals surface area (Å²) in [7, 11) is 0. The van der Waals surface area contributed by atoms with Crippen molar-refractivity contribution in [2.24, 2.45) is 39.7 Å². The molecule has 0 heterocycles. The monoisotopic (exact) mass is 571 g/mol. The molecule has 4 aliphatic rings. The summed E-state index contributed by atoms with van der Waals surface area (Å²) < 4.78 is 0. The second-order valence-electron chi connectivity index (χ2n) is 13.2. The second kappa shape index (κ2) is 11.8. The third-order valence-corrected chi connectivity index (χ3v) is 10.8. The Balaban J connectivity index is 1.36. The lowest BCUT2D eigenvalue weighted by molar-refractivity contribution is -0.143. The lowest BCUT2D eigenvalue weighted by atomic mass is 9.46. The molecule has 0 radical (unpaired) electrons. The Kier molecular flexibility index (Phi) is 8.91. The van der Waals surface area contributed by atoms with E-state index in [9.17, 15) is 19.5 Å². The average Bonchev–Trinajstić information content (AvgIpc) is 3.20. The highest BCUT2D eigenvalue weighted by Gasteiger charge is 2.63. The summed E-state index contributed by atoms with van der Waals surface area (Å²) in [5, 5.41) is 38.5. The Morgan fingerprint density at radius 3 is 2.46 bits per heavy atom. The molecule has 4 rings (SSSR count). The number of terminal acetylenes is 1. The van der Waals surface area contributed by atoms with E-state index in [4.69, 9.17) is 21.5 Å². The van der Waals surface area contributed by atoms with Crippen LogP contribution in [0.3, 0.4) is 0 Å². The lowest BCUT2D eigenvalue weighted by Crippen LogP contribution is -2.55. The van der Waals surface area contributed by atoms with Gasteiger partial charge in [-0.05, 0) is 86.5 Å². The Morgan fingerprint density at radius 1 is 1.12 bits per heavy atom. The van der Waals surface area contributed by atoms with Crippen LogP contribution in [-0.2, 0) is 19.2 Å². The van der Waals surface area contributed by atoms with Gasteiger partial charge in [-0.1, -0.05) is 44.3 Å². The van der Waals surface area contributed by atoms with Crippen molar-refractivity contribution in [3.05, 3.63) is 11.6 Å². The molecule has 0 aromatic rings. The summed E-state index contributed by atoms with van der Waals surface area (Å²) in [6.45, 7) is 6.86. The third kappa shape index (κ3) is 5.63. The predicted octanol–water partition coefficient (Wildman–Crippen LogP) is 2.39. The number of carboxylic acid groups (broad SMARTS) is 1. The SMILES string of the molecule is C#C[C@@]1(O)CCC2C3CCC4=CC(=NOCC(=O)NC(C(=O)NC(CO)C(=O)O)C(C)C)CC[C@]4(C)C3CC[C@@]21C. The fourth-order valence-electron chi connectivity index (χ4n) is 8.27. The van der Waals surface area contributed by atoms with Gasteiger partial charge in [0, 0.05) is 5.41 Å². The van der Waals surface area contributed by atoms with Gasteiger partial charge in [0.1, 0.15) is 17.7 Å². The highest BCUT2D eigenvalue weighted by atomic mass is 16.6. The first-order chi connectivity index (χ1) is 19.3. The van der Waals surface area contributed by atoms with E-state index in [1.807, 2.05) is 0 Å². The van der Waals surface area contributed by atoms with E-state index in [1.165, 1.54) is 5.57 Å². The molecule has 5 unspecified atom stereocenters. The number of carbonyl (C=O) groups excluding carboxylic acids is 2. The number of oxime groups is 1. The predicted molar refractivity (Wildman–Crippen MR) is 152 cm³/mol. The Bertz CT molecular complexity index is 1160. The van der Waals surface area contributed by atoms with Crippen LogP contribution >= 0.6 is 0 Å². The van der Waals surface area contributed by atoms with Gasteiger partial charge in [-0.25, -0.2) is 4.79 Å². The smallest absolute Gasteiger partial charge is 0.328 e. The van der Waals surface area contributed by atoms with Crippen molar-refractivity contribution in [2.45, 2.75) is 96.7 Å². The Labute approximate surface area is 242 Å². The van der Waals surface area contributed by atoms with Crippen LogP contribution in [0.5, 0.6) is 0 Å². The van der Waals surface area contributed by atoms with Crippen LogP contribution < -0.4 is 10.6 Å². The van der Waals surface area contributed by atoms with Crippen molar-refractivity contribution in [3.8, 4) is 12.3 Å². The number of aliphatic hydroxyl groups excluding tert-OH is 1. The van der Waals surface area contributed by atoms with E-state index in [1.54, 1.807) is 13.8 Å². The van der Waals surface area contributed by atoms with Crippen molar-refractivity contribution >= 4 is 23.5 Å². The molecule has 8 atom stereocenters. The second-order valence-corrected chi connectivity index (χ2v) is 13.2. The van der Waals surface area contributed by atoms with E-state index in [-0.39, 0.29) is 23.4 Å². The molecule has 10 nitrogen and oxygen atoms in total. The quantitative estimate of drug-likeness (QED) is 0.210. The maximum atomic E-state index is 12.5. The van der Waals surface area contributed by atoms with Crippen LogP contribution in [0.4, 0.5) is 0 Å². The summed E-state index contributed by atoms with van der Waals surface area (Å²) in [6, 6.07) is -2.44. The molecule has 3 saturated carbocycles. The van der Waals surface area contributed by atoms with Gasteiger partial charge in [-0.15, -0.1) is 6.42 Å². The first-order valence-corrected chi connectivity index (χ1v) is 14.8. The molecule has 0 aromatic carbocycles. The van der Waals surface area contributed by atoms with Crippen LogP contribution in [-0.4, -0.2) is 69.7 Å². The number of allylic oxidation sites excluding steroid dienone is 2. The summed E-state index contributed by atoms with van der Waals surface area (Å²) in [5.41, 5.74) is 1.01. The normalized spacial score (nSPS) is 36.6. The van der Waals surface area contributed by atoms with Gasteiger partial charge < -0.3 is 30.8 Å². The highest BCUT2D eigenvalue weighted by molar-refractivity contribution is 5.96. The molecule has 0 aliphatic heterocycles. The number of aliphatic hydroxyl groups is 2. The first-order valence-electron chi connectivity index (χ1n) is 14.8. The Hall–Kier alpha value is -2.90. The van der Waals surface area contributed by atoms with Crippen LogP contribution in [0.1, 0.15) is 79.1 Å². The van der Waals surface area contributed by atoms with Crippen molar-refractivity contribution in [3.63, 3.8) is 0 Å². The molecule has 0 bridgehead atoms. The van der Waals surface area contributed by atoms with E-state index in [0.29, 0.717) is 24.2 Å². The molecule has 226 valence electrons. The zero-order valence-electron chi connectivity index (χ0n) is 24.6. The summed E-state index contributed by atoms with van der Waals surface area (Å²) >= 11 is 0. The zero-order chi connectivity index (χ0) is 30.2. The number of fused-ring (bicyclic) bond motifs is 5. The molecule has 0 saturated heterocycles. The van der Waals surface area contributed by atoms with E-state index < -0.39 is 42.1 Å². The highest BCUT2D eigenvalue weighted by Crippen LogP contribution is 2.67. The number of carbonyl (C=O) groups is 3. The van der Waals surface area contributed by atoms with Gasteiger partial charge in [0.05, 0.1) is 12.3 Å². The number of rotatable bonds is 9. The van der Waals surface area contributed by atoms with Crippen LogP contribution in [0.2, 0.25) is 0 Å². The number of nitrogens with one attached hydrogen (secondary N) is 2. The molecule has 2 amide bonds. The minimum absolute atomic E-state index is 0.0672. The molecule has 10 heteroatoms. The summed E-state index contributed by atoms with van der Waals surface area (Å²) in [6.07, 6.45) is 15.3. The van der Waals surface area contributed by atoms with Crippen molar-refractivity contribution in [1.29, 1.82) is 0 Å². The maximum absolute atomic E-state index is 12.5. The summed E-state index contributed by atoms with van der Waals surface area (Å²) in [5.74, 6) is 1.33. The van der Waals surface area contributed by atoms with Crippen molar-refractivity contribution in [1.82, 2.24) is 10.6 Å². The van der Waals surface area contributed by atoms with E-state index >= 15 is 0 Å². The fourth-order valence-corrected chi connectivity index (χ4v) is 8.27. The molecule has 4 aliphatic carbocycles. The zero-order valence-corrected chi connectivity index (χ0v) is 24.6. The maximum Gasteiger partial charge on any atom is 0.328 e. The van der Waals surface area contributed by atoms with Gasteiger partial charge in [0.15, 0.2) is 6.61 Å². The molecular formula is C31H45N3O7. The standard InChI is InChI=1S/C31H45N3O7/c1-6-31(40)14-11-23-21-8-7-19-15-20(9-12-29(19,4)22(21)10-13-30(23,31)5)34-41-17-25(36)33-26(18(2)3)27(37)32-24(16-35)28(38)39/h1,15,18,21-24,26,35,40H,7-14,16-17H2,2-5H3,(H,32,37)(H,33,36)(H,38,39)/t21?,22?,23?,24?,26?,29-,30-,31+/m0/s1. The average molecular weight is 572 g/mol. The fraction of sp³-hybridized carbons (Fsp3) is 0.742. The van der Waals surface area contributed by atoms with Crippen LogP contribution in [0.25, 0.3) is 0 Å². The molecule has 41 heavy (non-hydrogen) atoms. The number of hydrogen-bond donors (Lipinski definition) is 5. The lowest BCUT2D eigenvalue weighted by Gasteiger charge is -2.58. The summed E-state index contributed by atoms with van der Waals surface area (Å²) in [4.78, 5) is 41.5. The van der Waals surface area contributed by atoms with Crippen molar-refractivity contribution < 1.29 is 34.5 Å². The van der Waals surface area contributed by atoms with Gasteiger partial charge >= 0.3 is 5.97 Å². The van der Waals surface area contributed by atoms with Gasteiger partial charge in [0.2, 0.25) is 5.91 Å². The van der Waals surface area contributed by atoms with Gasteiger partial charge in [-0.2, -0.15) is 0 Å². The molecule has 0 aromatic heterocycles. The number of nitrogens with zero attached hydrogens (tertiary/aromatic N) is 1. The third-order valence-electron chi connectivity index (χ3n) is 10.8. The van der Waals surface area contributed by atoms with Crippen LogP contribution in [0, 0.1) is 46.8 Å². The number of carboxylic acids is 1. The number of hydrogen-bond acceptors (Lipinski definition) is 7. The van der Waals surface area contributed by atoms with Crippen LogP contribution in [0.15, 0.2) is 16.8 Å². The largest absolute Gasteiger partial charge is 0.480 e. The van der Waals surface area contributed by atoms with E-state index in [0.717, 1.165) is 50.7 Å². The minimum Gasteiger partial charge on any atom is -0.480 e. The Morgan fingerprint density at radius 2 is 1.83 bits per heavy atom.